The first-order valence-electron chi connectivity index (χ1n) is 17.6. The summed E-state index contributed by atoms with van der Waals surface area (Å²) in [6, 6.07) is 46.3. The van der Waals surface area contributed by atoms with Gasteiger partial charge in [0.15, 0.2) is 17.5 Å². The second-order valence-corrected chi connectivity index (χ2v) is 13.9. The Balaban J connectivity index is 1.38. The van der Waals surface area contributed by atoms with Gasteiger partial charge in [0, 0.05) is 16.7 Å². The molecule has 1 aromatic heterocycles. The molecule has 3 atom stereocenters. The van der Waals surface area contributed by atoms with Crippen molar-refractivity contribution in [2.45, 2.75) is 58.3 Å². The number of nitriles is 1. The van der Waals surface area contributed by atoms with Crippen molar-refractivity contribution in [3.8, 4) is 62.5 Å². The summed E-state index contributed by atoms with van der Waals surface area (Å²) in [5.74, 6) is 3.05. The lowest BCUT2D eigenvalue weighted by Crippen LogP contribution is -2.28. The summed E-state index contributed by atoms with van der Waals surface area (Å²) in [6.07, 6.45) is 5.77. The van der Waals surface area contributed by atoms with Crippen molar-refractivity contribution in [3.05, 3.63) is 139 Å². The van der Waals surface area contributed by atoms with Crippen LogP contribution < -0.4 is 0 Å². The molecule has 6 aromatic rings. The largest absolute Gasteiger partial charge is 0.208 e. The predicted octanol–water partition coefficient (Wildman–Crippen LogP) is 11.6. The smallest absolute Gasteiger partial charge is 0.164 e. The average Bonchev–Trinajstić information content (AvgIpc) is 3.32. The molecule has 1 unspecified atom stereocenters. The van der Waals surface area contributed by atoms with Gasteiger partial charge in [0.2, 0.25) is 0 Å². The molecule has 0 spiro atoms. The highest BCUT2D eigenvalue weighted by Crippen LogP contribution is 2.46. The van der Waals surface area contributed by atoms with Gasteiger partial charge in [-0.3, -0.25) is 0 Å². The first kappa shape index (κ1) is 32.2. The number of aromatic nitrogens is 3. The van der Waals surface area contributed by atoms with Crippen molar-refractivity contribution < 1.29 is 0 Å². The van der Waals surface area contributed by atoms with Gasteiger partial charge in [-0.25, -0.2) is 15.0 Å². The minimum atomic E-state index is 0.00686. The Morgan fingerprint density at radius 2 is 1.04 bits per heavy atom. The molecular formula is C45H42N4. The molecular weight excluding hydrogens is 597 g/mol. The van der Waals surface area contributed by atoms with Gasteiger partial charge in [-0.2, -0.15) is 5.26 Å². The van der Waals surface area contributed by atoms with E-state index in [-0.39, 0.29) is 5.41 Å². The van der Waals surface area contributed by atoms with Crippen LogP contribution in [0.3, 0.4) is 0 Å². The minimum absolute atomic E-state index is 0.00686. The van der Waals surface area contributed by atoms with Gasteiger partial charge in [0.1, 0.15) is 0 Å². The lowest BCUT2D eigenvalue weighted by atomic mass is 9.68. The van der Waals surface area contributed by atoms with E-state index in [4.69, 9.17) is 15.0 Å². The highest BCUT2D eigenvalue weighted by atomic mass is 15.0. The average molecular weight is 639 g/mol. The highest BCUT2D eigenvalue weighted by molar-refractivity contribution is 5.74. The molecule has 4 nitrogen and oxygen atoms in total. The third-order valence-corrected chi connectivity index (χ3v) is 10.4. The molecule has 0 saturated heterocycles. The lowest BCUT2D eigenvalue weighted by molar-refractivity contribution is 0.295. The molecule has 5 aromatic carbocycles. The fraction of sp³-hybridized carbons (Fsp3) is 0.244. The number of benzene rings is 5. The number of nitrogens with zero attached hydrogens (tertiary/aromatic N) is 4. The number of rotatable bonds is 7. The molecule has 0 amide bonds. The summed E-state index contributed by atoms with van der Waals surface area (Å²) in [5, 5.41) is 10.3. The van der Waals surface area contributed by atoms with Gasteiger partial charge in [-0.05, 0) is 88.6 Å². The maximum Gasteiger partial charge on any atom is 0.164 e. The van der Waals surface area contributed by atoms with Crippen molar-refractivity contribution in [2.24, 2.45) is 11.8 Å². The van der Waals surface area contributed by atoms with Crippen molar-refractivity contribution >= 4 is 0 Å². The number of hydrogen-bond acceptors (Lipinski definition) is 4. The maximum atomic E-state index is 10.3. The van der Waals surface area contributed by atoms with Crippen LogP contribution in [0.15, 0.2) is 127 Å². The lowest BCUT2D eigenvalue weighted by Gasteiger charge is -2.36. The molecule has 1 saturated carbocycles. The van der Waals surface area contributed by atoms with E-state index in [1.165, 1.54) is 18.4 Å². The Labute approximate surface area is 290 Å². The van der Waals surface area contributed by atoms with Crippen LogP contribution in [0.1, 0.15) is 64.0 Å². The molecule has 0 bridgehead atoms. The first-order valence-corrected chi connectivity index (χ1v) is 17.6. The van der Waals surface area contributed by atoms with Crippen molar-refractivity contribution in [1.29, 1.82) is 5.26 Å². The van der Waals surface area contributed by atoms with Crippen LogP contribution in [0.5, 0.6) is 0 Å². The highest BCUT2D eigenvalue weighted by Gasteiger charge is 2.36. The summed E-state index contributed by atoms with van der Waals surface area (Å²) in [6.45, 7) is 7.07. The standard InChI is InChI=1S/C45H42N4/c1-4-45(28-31(2)18-19-32(3)29-45)41-25-33(30-46)24-40(27-41)44-48-42(37-22-20-36(21-23-37)34-12-7-5-8-13-34)47-43(49-44)39-17-11-16-38(26-39)35-14-9-6-10-15-35/h5-17,20-27,31-32H,4,18-19,28-29H2,1-3H3/t31-,32+,45?. The predicted molar refractivity (Wildman–Crippen MR) is 200 cm³/mol. The third kappa shape index (κ3) is 6.94. The van der Waals surface area contributed by atoms with Gasteiger partial charge < -0.3 is 0 Å². The van der Waals surface area contributed by atoms with Crippen LogP contribution in [0.4, 0.5) is 0 Å². The Morgan fingerprint density at radius 3 is 1.63 bits per heavy atom. The van der Waals surface area contributed by atoms with E-state index in [2.05, 4.69) is 136 Å². The van der Waals surface area contributed by atoms with Crippen LogP contribution in [-0.4, -0.2) is 15.0 Å². The molecule has 7 rings (SSSR count). The van der Waals surface area contributed by atoms with Crippen LogP contribution >= 0.6 is 0 Å². The van der Waals surface area contributed by atoms with Crippen LogP contribution in [0, 0.1) is 23.2 Å². The summed E-state index contributed by atoms with van der Waals surface area (Å²) < 4.78 is 0. The Morgan fingerprint density at radius 1 is 0.551 bits per heavy atom. The van der Waals surface area contributed by atoms with Crippen LogP contribution in [-0.2, 0) is 5.41 Å². The monoisotopic (exact) mass is 638 g/mol. The van der Waals surface area contributed by atoms with E-state index < -0.39 is 0 Å². The Kier molecular flexibility index (Phi) is 9.18. The SMILES string of the molecule is CCC1(c2cc(C#N)cc(-c3nc(-c4ccc(-c5ccccc5)cc4)nc(-c4cccc(-c5ccccc5)c4)n3)c2)C[C@H](C)CC[C@H](C)C1. The van der Waals surface area contributed by atoms with E-state index in [0.29, 0.717) is 34.9 Å². The molecule has 0 radical (unpaired) electrons. The Bertz CT molecular complexity index is 2080. The molecule has 1 aliphatic rings. The molecule has 242 valence electrons. The number of hydrogen-bond donors (Lipinski definition) is 0. The Hall–Kier alpha value is -5.40. The molecule has 4 heteroatoms. The van der Waals surface area contributed by atoms with E-state index in [0.717, 1.165) is 58.2 Å². The normalized spacial score (nSPS) is 19.1. The van der Waals surface area contributed by atoms with Crippen LogP contribution in [0.2, 0.25) is 0 Å². The molecule has 1 fully saturated rings. The van der Waals surface area contributed by atoms with E-state index in [1.807, 2.05) is 18.2 Å². The first-order chi connectivity index (χ1) is 23.9. The summed E-state index contributed by atoms with van der Waals surface area (Å²) in [4.78, 5) is 15.3. The van der Waals surface area contributed by atoms with Gasteiger partial charge in [0.05, 0.1) is 11.6 Å². The molecule has 0 N–H and O–H groups in total. The fourth-order valence-electron chi connectivity index (χ4n) is 7.72. The van der Waals surface area contributed by atoms with E-state index in [1.54, 1.807) is 0 Å². The summed E-state index contributed by atoms with van der Waals surface area (Å²) in [5.41, 5.74) is 9.11. The van der Waals surface area contributed by atoms with Crippen LogP contribution in [0.25, 0.3) is 56.4 Å². The van der Waals surface area contributed by atoms with Crippen molar-refractivity contribution in [3.63, 3.8) is 0 Å². The van der Waals surface area contributed by atoms with Crippen molar-refractivity contribution in [1.82, 2.24) is 15.0 Å². The fourth-order valence-corrected chi connectivity index (χ4v) is 7.72. The zero-order valence-corrected chi connectivity index (χ0v) is 28.6. The zero-order valence-electron chi connectivity index (χ0n) is 28.6. The van der Waals surface area contributed by atoms with Gasteiger partial charge in [0.25, 0.3) is 0 Å². The summed E-state index contributed by atoms with van der Waals surface area (Å²) >= 11 is 0. The molecule has 1 heterocycles. The second kappa shape index (κ2) is 14.0. The zero-order chi connectivity index (χ0) is 33.8. The summed E-state index contributed by atoms with van der Waals surface area (Å²) in [7, 11) is 0. The van der Waals surface area contributed by atoms with Gasteiger partial charge in [-0.15, -0.1) is 0 Å². The third-order valence-electron chi connectivity index (χ3n) is 10.4. The molecule has 49 heavy (non-hydrogen) atoms. The minimum Gasteiger partial charge on any atom is -0.208 e. The van der Waals surface area contributed by atoms with E-state index >= 15 is 0 Å². The maximum absolute atomic E-state index is 10.3. The second-order valence-electron chi connectivity index (χ2n) is 13.9. The molecule has 1 aliphatic carbocycles. The van der Waals surface area contributed by atoms with E-state index in [9.17, 15) is 5.26 Å². The quantitative estimate of drug-likeness (QED) is 0.163. The van der Waals surface area contributed by atoms with Gasteiger partial charge >= 0.3 is 0 Å². The van der Waals surface area contributed by atoms with Crippen molar-refractivity contribution in [2.75, 3.05) is 0 Å². The topological polar surface area (TPSA) is 62.5 Å². The van der Waals surface area contributed by atoms with Gasteiger partial charge in [-0.1, -0.05) is 137 Å². The molecule has 0 aliphatic heterocycles.